The summed E-state index contributed by atoms with van der Waals surface area (Å²) in [5.74, 6) is 0.111. The lowest BCUT2D eigenvalue weighted by Gasteiger charge is -2.40. The van der Waals surface area contributed by atoms with E-state index in [-0.39, 0.29) is 17.5 Å². The van der Waals surface area contributed by atoms with Gasteiger partial charge in [0.05, 0.1) is 0 Å². The summed E-state index contributed by atoms with van der Waals surface area (Å²) >= 11 is 0. The molecule has 2 aliphatic heterocycles. The van der Waals surface area contributed by atoms with Gasteiger partial charge < -0.3 is 9.80 Å². The second-order valence-electron chi connectivity index (χ2n) is 9.81. The van der Waals surface area contributed by atoms with Gasteiger partial charge in [0.15, 0.2) is 11.6 Å². The maximum atomic E-state index is 12.8. The first-order valence-electron chi connectivity index (χ1n) is 12.5. The zero-order valence-electron chi connectivity index (χ0n) is 20.3. The highest BCUT2D eigenvalue weighted by atomic mass is 16.2. The maximum absolute atomic E-state index is 12.8. The molecular weight excluding hydrogens is 412 g/mol. The van der Waals surface area contributed by atoms with Crippen molar-refractivity contribution in [2.75, 3.05) is 26.2 Å². The molecule has 0 atom stereocenters. The first-order chi connectivity index (χ1) is 15.9. The quantitative estimate of drug-likeness (QED) is 0.628. The highest BCUT2D eigenvalue weighted by Gasteiger charge is 2.29. The second-order valence-corrected chi connectivity index (χ2v) is 9.81. The molecule has 5 nitrogen and oxygen atoms in total. The van der Waals surface area contributed by atoms with Crippen molar-refractivity contribution in [2.45, 2.75) is 71.8 Å². The molecule has 2 fully saturated rings. The Morgan fingerprint density at radius 3 is 2.06 bits per heavy atom. The summed E-state index contributed by atoms with van der Waals surface area (Å²) in [6.07, 6.45) is 7.37. The fourth-order valence-corrected chi connectivity index (χ4v) is 5.45. The van der Waals surface area contributed by atoms with E-state index in [1.54, 1.807) is 20.8 Å². The SMILES string of the molecule is CC1=C(C)C(=O)C(c2ccc(CCC(=O)N3CCC(N4CCCCC4)CC3)cc2)=C(C)C1=O. The smallest absolute Gasteiger partial charge is 0.222 e. The molecule has 0 bridgehead atoms. The van der Waals surface area contributed by atoms with Crippen LogP contribution in [0, 0.1) is 0 Å². The van der Waals surface area contributed by atoms with Crippen molar-refractivity contribution < 1.29 is 14.4 Å². The molecule has 176 valence electrons. The number of ketones is 2. The van der Waals surface area contributed by atoms with Crippen LogP contribution in [0.5, 0.6) is 0 Å². The van der Waals surface area contributed by atoms with Gasteiger partial charge in [-0.3, -0.25) is 14.4 Å². The fraction of sp³-hybridized carbons (Fsp3) is 0.536. The van der Waals surface area contributed by atoms with Crippen LogP contribution in [0.3, 0.4) is 0 Å². The summed E-state index contributed by atoms with van der Waals surface area (Å²) in [7, 11) is 0. The van der Waals surface area contributed by atoms with Gasteiger partial charge in [-0.15, -0.1) is 0 Å². The Bertz CT molecular complexity index is 988. The first kappa shape index (κ1) is 23.6. The Morgan fingerprint density at radius 2 is 1.42 bits per heavy atom. The zero-order valence-corrected chi connectivity index (χ0v) is 20.3. The van der Waals surface area contributed by atoms with Gasteiger partial charge in [0.25, 0.3) is 0 Å². The Morgan fingerprint density at radius 1 is 0.818 bits per heavy atom. The summed E-state index contributed by atoms with van der Waals surface area (Å²) in [5.41, 5.74) is 3.93. The minimum absolute atomic E-state index is 0.0548. The number of carbonyl (C=O) groups is 3. The summed E-state index contributed by atoms with van der Waals surface area (Å²) < 4.78 is 0. The Hall–Kier alpha value is -2.53. The number of carbonyl (C=O) groups excluding carboxylic acids is 3. The van der Waals surface area contributed by atoms with Crippen LogP contribution in [0.2, 0.25) is 0 Å². The van der Waals surface area contributed by atoms with Crippen LogP contribution in [-0.4, -0.2) is 59.5 Å². The van der Waals surface area contributed by atoms with Crippen molar-refractivity contribution >= 4 is 23.0 Å². The third kappa shape index (κ3) is 5.03. The number of benzene rings is 1. The molecule has 1 amide bonds. The van der Waals surface area contributed by atoms with Crippen molar-refractivity contribution in [3.63, 3.8) is 0 Å². The van der Waals surface area contributed by atoms with Crippen molar-refractivity contribution in [3.05, 3.63) is 52.1 Å². The molecule has 1 aliphatic carbocycles. The van der Waals surface area contributed by atoms with E-state index in [1.807, 2.05) is 29.2 Å². The molecule has 0 aromatic heterocycles. The van der Waals surface area contributed by atoms with E-state index in [2.05, 4.69) is 4.90 Å². The second kappa shape index (κ2) is 10.2. The molecule has 4 rings (SSSR count). The van der Waals surface area contributed by atoms with Gasteiger partial charge in [0.1, 0.15) is 0 Å². The van der Waals surface area contributed by atoms with E-state index in [1.165, 1.54) is 32.4 Å². The fourth-order valence-electron chi connectivity index (χ4n) is 5.45. The lowest BCUT2D eigenvalue weighted by molar-refractivity contribution is -0.132. The Labute approximate surface area is 197 Å². The highest BCUT2D eigenvalue weighted by molar-refractivity contribution is 6.39. The molecule has 0 saturated carbocycles. The minimum atomic E-state index is -0.0690. The van der Waals surface area contributed by atoms with Crippen LogP contribution in [0.25, 0.3) is 5.57 Å². The van der Waals surface area contributed by atoms with Crippen molar-refractivity contribution in [1.82, 2.24) is 9.80 Å². The van der Waals surface area contributed by atoms with Crippen molar-refractivity contribution in [1.29, 1.82) is 0 Å². The van der Waals surface area contributed by atoms with Crippen LogP contribution < -0.4 is 0 Å². The predicted molar refractivity (Wildman–Crippen MR) is 131 cm³/mol. The third-order valence-electron chi connectivity index (χ3n) is 7.78. The molecule has 5 heteroatoms. The summed E-state index contributed by atoms with van der Waals surface area (Å²) in [6.45, 7) is 9.35. The standard InChI is InChI=1S/C28H36N2O3/c1-19-20(2)28(33)26(21(3)27(19)32)23-10-7-22(8-11-23)9-12-25(31)30-17-13-24(14-18-30)29-15-5-4-6-16-29/h7-8,10-11,24H,4-6,9,12-18H2,1-3H3. The molecule has 1 aromatic carbocycles. The minimum Gasteiger partial charge on any atom is -0.343 e. The van der Waals surface area contributed by atoms with E-state index in [0.717, 1.165) is 37.1 Å². The molecule has 0 N–H and O–H groups in total. The monoisotopic (exact) mass is 448 g/mol. The van der Waals surface area contributed by atoms with Crippen LogP contribution in [0.15, 0.2) is 41.0 Å². The van der Waals surface area contributed by atoms with E-state index < -0.39 is 0 Å². The largest absolute Gasteiger partial charge is 0.343 e. The van der Waals surface area contributed by atoms with Gasteiger partial charge in [0.2, 0.25) is 5.91 Å². The number of rotatable bonds is 5. The number of hydrogen-bond acceptors (Lipinski definition) is 4. The van der Waals surface area contributed by atoms with Crippen molar-refractivity contribution in [3.8, 4) is 0 Å². The van der Waals surface area contributed by atoms with Crippen LogP contribution >= 0.6 is 0 Å². The number of piperidine rings is 2. The molecule has 0 unspecified atom stereocenters. The average molecular weight is 449 g/mol. The van der Waals surface area contributed by atoms with Crippen LogP contribution in [-0.2, 0) is 20.8 Å². The van der Waals surface area contributed by atoms with E-state index >= 15 is 0 Å². The van der Waals surface area contributed by atoms with Gasteiger partial charge in [-0.1, -0.05) is 30.7 Å². The number of allylic oxidation sites excluding steroid dienone is 4. The molecule has 0 spiro atoms. The van der Waals surface area contributed by atoms with Gasteiger partial charge in [-0.2, -0.15) is 0 Å². The molecule has 2 heterocycles. The van der Waals surface area contributed by atoms with Gasteiger partial charge in [-0.25, -0.2) is 0 Å². The number of hydrogen-bond donors (Lipinski definition) is 0. The van der Waals surface area contributed by atoms with Crippen molar-refractivity contribution in [2.24, 2.45) is 0 Å². The molecule has 1 aromatic rings. The maximum Gasteiger partial charge on any atom is 0.222 e. The number of amides is 1. The summed E-state index contributed by atoms with van der Waals surface area (Å²) in [5, 5.41) is 0. The zero-order chi connectivity index (χ0) is 23.5. The predicted octanol–water partition coefficient (Wildman–Crippen LogP) is 4.36. The number of likely N-dealkylation sites (tertiary alicyclic amines) is 2. The lowest BCUT2D eigenvalue weighted by Crippen LogP contribution is -2.48. The van der Waals surface area contributed by atoms with Gasteiger partial charge in [-0.05, 0) is 77.1 Å². The van der Waals surface area contributed by atoms with Crippen LogP contribution in [0.1, 0.15) is 70.4 Å². The Balaban J connectivity index is 1.31. The van der Waals surface area contributed by atoms with E-state index in [4.69, 9.17) is 0 Å². The summed E-state index contributed by atoms with van der Waals surface area (Å²) in [4.78, 5) is 42.7. The number of nitrogens with zero attached hydrogens (tertiary/aromatic N) is 2. The first-order valence-corrected chi connectivity index (χ1v) is 12.5. The molecule has 3 aliphatic rings. The van der Waals surface area contributed by atoms with Gasteiger partial charge >= 0.3 is 0 Å². The summed E-state index contributed by atoms with van der Waals surface area (Å²) in [6, 6.07) is 8.41. The van der Waals surface area contributed by atoms with Crippen LogP contribution in [0.4, 0.5) is 0 Å². The molecule has 0 radical (unpaired) electrons. The number of Topliss-reactive ketones (excluding diaryl/α,β-unsaturated/α-hetero) is 2. The third-order valence-corrected chi connectivity index (χ3v) is 7.78. The lowest BCUT2D eigenvalue weighted by atomic mass is 9.82. The average Bonchev–Trinajstić information content (AvgIpc) is 2.86. The number of aryl methyl sites for hydroxylation is 1. The normalized spacial score (nSPS) is 21.2. The van der Waals surface area contributed by atoms with E-state index in [9.17, 15) is 14.4 Å². The molecule has 33 heavy (non-hydrogen) atoms. The topological polar surface area (TPSA) is 57.7 Å². The highest BCUT2D eigenvalue weighted by Crippen LogP contribution is 2.31. The van der Waals surface area contributed by atoms with E-state index in [0.29, 0.717) is 41.2 Å². The van der Waals surface area contributed by atoms with Gasteiger partial charge in [0, 0.05) is 47.8 Å². The Kier molecular flexibility index (Phi) is 7.28. The molecular formula is C28H36N2O3. The molecule has 2 saturated heterocycles.